The maximum atomic E-state index is 9.46. The van der Waals surface area contributed by atoms with Crippen molar-refractivity contribution < 1.29 is 9.52 Å². The zero-order valence-corrected chi connectivity index (χ0v) is 8.23. The summed E-state index contributed by atoms with van der Waals surface area (Å²) < 4.78 is 5.21. The SMILES string of the molecule is Cc1nnc(N[C@H]2CCC[C@@H](O)C2)o1. The van der Waals surface area contributed by atoms with E-state index in [4.69, 9.17) is 4.42 Å². The van der Waals surface area contributed by atoms with Crippen molar-refractivity contribution in [1.29, 1.82) is 0 Å². The van der Waals surface area contributed by atoms with Crippen LogP contribution < -0.4 is 5.32 Å². The summed E-state index contributed by atoms with van der Waals surface area (Å²) in [5.41, 5.74) is 0. The molecule has 0 aromatic carbocycles. The lowest BCUT2D eigenvalue weighted by Gasteiger charge is -2.25. The number of nitrogens with zero attached hydrogens (tertiary/aromatic N) is 2. The number of rotatable bonds is 2. The Hall–Kier alpha value is -1.10. The molecule has 5 heteroatoms. The minimum atomic E-state index is -0.190. The molecule has 2 N–H and O–H groups in total. The van der Waals surface area contributed by atoms with E-state index in [2.05, 4.69) is 15.5 Å². The molecule has 1 saturated carbocycles. The molecule has 0 radical (unpaired) electrons. The summed E-state index contributed by atoms with van der Waals surface area (Å²) in [4.78, 5) is 0. The van der Waals surface area contributed by atoms with Gasteiger partial charge in [-0.1, -0.05) is 5.10 Å². The third-order valence-electron chi connectivity index (χ3n) is 2.50. The van der Waals surface area contributed by atoms with Crippen molar-refractivity contribution in [2.75, 3.05) is 5.32 Å². The second-order valence-corrected chi connectivity index (χ2v) is 3.79. The number of hydrogen-bond acceptors (Lipinski definition) is 5. The van der Waals surface area contributed by atoms with Crippen LogP contribution in [-0.2, 0) is 0 Å². The highest BCUT2D eigenvalue weighted by Crippen LogP contribution is 2.21. The third kappa shape index (κ3) is 2.23. The topological polar surface area (TPSA) is 71.2 Å². The predicted molar refractivity (Wildman–Crippen MR) is 50.9 cm³/mol. The van der Waals surface area contributed by atoms with Gasteiger partial charge in [-0.2, -0.15) is 0 Å². The number of aryl methyl sites for hydroxylation is 1. The fourth-order valence-electron chi connectivity index (χ4n) is 1.82. The van der Waals surface area contributed by atoms with Crippen molar-refractivity contribution in [2.45, 2.75) is 44.8 Å². The Kier molecular flexibility index (Phi) is 2.67. The van der Waals surface area contributed by atoms with Gasteiger partial charge >= 0.3 is 6.01 Å². The van der Waals surface area contributed by atoms with Crippen molar-refractivity contribution in [2.24, 2.45) is 0 Å². The number of anilines is 1. The summed E-state index contributed by atoms with van der Waals surface area (Å²) >= 11 is 0. The Labute approximate surface area is 82.5 Å². The van der Waals surface area contributed by atoms with Crippen LogP contribution in [-0.4, -0.2) is 27.4 Å². The highest BCUT2D eigenvalue weighted by Gasteiger charge is 2.21. The fourth-order valence-corrected chi connectivity index (χ4v) is 1.82. The summed E-state index contributed by atoms with van der Waals surface area (Å²) in [7, 11) is 0. The van der Waals surface area contributed by atoms with E-state index in [1.807, 2.05) is 0 Å². The second-order valence-electron chi connectivity index (χ2n) is 3.79. The van der Waals surface area contributed by atoms with Crippen molar-refractivity contribution in [3.8, 4) is 0 Å². The molecule has 0 saturated heterocycles. The van der Waals surface area contributed by atoms with Crippen LogP contribution in [0, 0.1) is 6.92 Å². The van der Waals surface area contributed by atoms with Gasteiger partial charge in [-0.05, 0) is 25.7 Å². The lowest BCUT2D eigenvalue weighted by atomic mass is 9.93. The van der Waals surface area contributed by atoms with E-state index >= 15 is 0 Å². The summed E-state index contributed by atoms with van der Waals surface area (Å²) in [5.74, 6) is 0.559. The Balaban J connectivity index is 1.90. The molecular formula is C9H15N3O2. The van der Waals surface area contributed by atoms with Gasteiger partial charge in [-0.25, -0.2) is 0 Å². The van der Waals surface area contributed by atoms with Crippen molar-refractivity contribution >= 4 is 6.01 Å². The standard InChI is InChI=1S/C9H15N3O2/c1-6-11-12-9(14-6)10-7-3-2-4-8(13)5-7/h7-8,13H,2-5H2,1H3,(H,10,12)/t7-,8+/m0/s1. The zero-order chi connectivity index (χ0) is 9.97. The highest BCUT2D eigenvalue weighted by molar-refractivity contribution is 5.19. The minimum absolute atomic E-state index is 0.190. The number of aliphatic hydroxyl groups is 1. The molecule has 14 heavy (non-hydrogen) atoms. The zero-order valence-electron chi connectivity index (χ0n) is 8.23. The second kappa shape index (κ2) is 3.96. The molecule has 1 heterocycles. The molecule has 0 amide bonds. The lowest BCUT2D eigenvalue weighted by molar-refractivity contribution is 0.124. The molecule has 1 aliphatic rings. The summed E-state index contributed by atoms with van der Waals surface area (Å²) in [6, 6.07) is 0.722. The lowest BCUT2D eigenvalue weighted by Crippen LogP contribution is -2.29. The van der Waals surface area contributed by atoms with Crippen LogP contribution >= 0.6 is 0 Å². The molecule has 0 bridgehead atoms. The van der Waals surface area contributed by atoms with E-state index in [9.17, 15) is 5.11 Å². The number of aliphatic hydroxyl groups excluding tert-OH is 1. The average molecular weight is 197 g/mol. The summed E-state index contributed by atoms with van der Waals surface area (Å²) in [5, 5.41) is 20.2. The maximum absolute atomic E-state index is 9.46. The largest absolute Gasteiger partial charge is 0.408 e. The normalized spacial score (nSPS) is 27.6. The molecule has 78 valence electrons. The Morgan fingerprint density at radius 1 is 1.43 bits per heavy atom. The number of nitrogens with one attached hydrogen (secondary N) is 1. The molecule has 1 fully saturated rings. The van der Waals surface area contributed by atoms with E-state index in [0.29, 0.717) is 11.9 Å². The molecule has 1 aromatic rings. The average Bonchev–Trinajstić information content (AvgIpc) is 2.51. The molecule has 1 aromatic heterocycles. The van der Waals surface area contributed by atoms with Crippen LogP contribution in [0.25, 0.3) is 0 Å². The van der Waals surface area contributed by atoms with Gasteiger partial charge in [0, 0.05) is 13.0 Å². The van der Waals surface area contributed by atoms with Crippen molar-refractivity contribution in [3.63, 3.8) is 0 Å². The minimum Gasteiger partial charge on any atom is -0.408 e. The first-order valence-corrected chi connectivity index (χ1v) is 4.99. The van der Waals surface area contributed by atoms with Gasteiger partial charge in [0.15, 0.2) is 0 Å². The van der Waals surface area contributed by atoms with Crippen LogP contribution in [0.3, 0.4) is 0 Å². The van der Waals surface area contributed by atoms with Crippen LogP contribution in [0.5, 0.6) is 0 Å². The first-order chi connectivity index (χ1) is 6.74. The third-order valence-corrected chi connectivity index (χ3v) is 2.50. The highest BCUT2D eigenvalue weighted by atomic mass is 16.4. The molecule has 2 atom stereocenters. The van der Waals surface area contributed by atoms with Gasteiger partial charge in [0.05, 0.1) is 6.10 Å². The van der Waals surface area contributed by atoms with Crippen LogP contribution in [0.15, 0.2) is 4.42 Å². The van der Waals surface area contributed by atoms with E-state index < -0.39 is 0 Å². The van der Waals surface area contributed by atoms with Crippen LogP contribution in [0.2, 0.25) is 0 Å². The van der Waals surface area contributed by atoms with E-state index in [1.165, 1.54) is 0 Å². The quantitative estimate of drug-likeness (QED) is 0.742. The van der Waals surface area contributed by atoms with Gasteiger partial charge in [-0.15, -0.1) is 5.10 Å². The number of hydrogen-bond donors (Lipinski definition) is 2. The first-order valence-electron chi connectivity index (χ1n) is 4.99. The smallest absolute Gasteiger partial charge is 0.315 e. The fraction of sp³-hybridized carbons (Fsp3) is 0.778. The van der Waals surface area contributed by atoms with E-state index in [0.717, 1.165) is 25.7 Å². The van der Waals surface area contributed by atoms with Crippen LogP contribution in [0.1, 0.15) is 31.6 Å². The molecule has 2 rings (SSSR count). The van der Waals surface area contributed by atoms with Crippen LogP contribution in [0.4, 0.5) is 6.01 Å². The number of aromatic nitrogens is 2. The summed E-state index contributed by atoms with van der Waals surface area (Å²) in [6.07, 6.45) is 3.58. The van der Waals surface area contributed by atoms with Crippen molar-refractivity contribution in [3.05, 3.63) is 5.89 Å². The molecule has 0 unspecified atom stereocenters. The molecule has 0 spiro atoms. The van der Waals surface area contributed by atoms with Gasteiger partial charge < -0.3 is 14.8 Å². The van der Waals surface area contributed by atoms with Gasteiger partial charge in [0.1, 0.15) is 0 Å². The van der Waals surface area contributed by atoms with E-state index in [-0.39, 0.29) is 12.1 Å². The van der Waals surface area contributed by atoms with Gasteiger partial charge in [0.2, 0.25) is 5.89 Å². The van der Waals surface area contributed by atoms with Gasteiger partial charge in [-0.3, -0.25) is 0 Å². The Morgan fingerprint density at radius 3 is 2.93 bits per heavy atom. The summed E-state index contributed by atoms with van der Waals surface area (Å²) in [6.45, 7) is 1.76. The Morgan fingerprint density at radius 2 is 2.29 bits per heavy atom. The molecular weight excluding hydrogens is 182 g/mol. The molecule has 0 aliphatic heterocycles. The van der Waals surface area contributed by atoms with Crippen molar-refractivity contribution in [1.82, 2.24) is 10.2 Å². The molecule has 5 nitrogen and oxygen atoms in total. The van der Waals surface area contributed by atoms with Gasteiger partial charge in [0.25, 0.3) is 0 Å². The molecule has 1 aliphatic carbocycles. The maximum Gasteiger partial charge on any atom is 0.315 e. The van der Waals surface area contributed by atoms with E-state index in [1.54, 1.807) is 6.92 Å². The Bertz CT molecular complexity index is 300. The first kappa shape index (κ1) is 9.45. The monoisotopic (exact) mass is 197 g/mol. The predicted octanol–water partition coefficient (Wildman–Crippen LogP) is 1.09.